The Labute approximate surface area is 224 Å². The monoisotopic (exact) mass is 494 g/mol. The van der Waals surface area contributed by atoms with Crippen LogP contribution in [0.2, 0.25) is 0 Å². The lowest BCUT2D eigenvalue weighted by Crippen LogP contribution is -2.44. The Hall–Kier alpha value is -2.61. The highest BCUT2D eigenvalue weighted by atomic mass is 15.1. The van der Waals surface area contributed by atoms with Gasteiger partial charge in [-0.1, -0.05) is 71.9 Å². The summed E-state index contributed by atoms with van der Waals surface area (Å²) in [7, 11) is 0. The number of imidazole rings is 1. The molecule has 1 fully saturated rings. The topological polar surface area (TPSA) is 17.8 Å². The first-order chi connectivity index (χ1) is 17.5. The van der Waals surface area contributed by atoms with Crippen LogP contribution in [0.5, 0.6) is 0 Å². The fourth-order valence-corrected chi connectivity index (χ4v) is 6.85. The van der Waals surface area contributed by atoms with Crippen molar-refractivity contribution in [3.05, 3.63) is 70.3 Å². The summed E-state index contributed by atoms with van der Waals surface area (Å²) in [4.78, 5) is 5.49. The molecule has 2 heteroatoms. The van der Waals surface area contributed by atoms with E-state index in [4.69, 9.17) is 4.98 Å². The maximum Gasteiger partial charge on any atom is 0.146 e. The number of aromatic nitrogens is 2. The quantitative estimate of drug-likeness (QED) is 0.312. The summed E-state index contributed by atoms with van der Waals surface area (Å²) in [5.41, 5.74) is 12.8. The molecule has 0 spiro atoms. The molecule has 196 valence electrons. The minimum Gasteiger partial charge on any atom is -0.292 e. The zero-order chi connectivity index (χ0) is 26.7. The highest BCUT2D eigenvalue weighted by molar-refractivity contribution is 5.90. The zero-order valence-electron chi connectivity index (χ0n) is 24.6. The van der Waals surface area contributed by atoms with E-state index in [1.807, 2.05) is 0 Å². The molecule has 1 saturated carbocycles. The molecule has 0 saturated heterocycles. The molecule has 3 aliphatic rings. The van der Waals surface area contributed by atoms with Crippen LogP contribution in [0.25, 0.3) is 28.1 Å². The Bertz CT molecular complexity index is 1400. The van der Waals surface area contributed by atoms with Crippen molar-refractivity contribution in [1.82, 2.24) is 9.55 Å². The van der Waals surface area contributed by atoms with Gasteiger partial charge >= 0.3 is 0 Å². The fourth-order valence-electron chi connectivity index (χ4n) is 6.85. The molecule has 1 aromatic heterocycles. The Balaban J connectivity index is 1.93. The van der Waals surface area contributed by atoms with E-state index in [1.54, 1.807) is 11.1 Å². The number of hydrogen-bond acceptors (Lipinski definition) is 1. The van der Waals surface area contributed by atoms with Gasteiger partial charge in [0.2, 0.25) is 0 Å². The summed E-state index contributed by atoms with van der Waals surface area (Å²) in [5.74, 6) is 2.02. The van der Waals surface area contributed by atoms with Gasteiger partial charge in [-0.05, 0) is 116 Å². The molecule has 3 aromatic rings. The molecule has 37 heavy (non-hydrogen) atoms. The van der Waals surface area contributed by atoms with Crippen molar-refractivity contribution in [3.63, 3.8) is 0 Å². The van der Waals surface area contributed by atoms with Gasteiger partial charge in [0.25, 0.3) is 0 Å². The molecule has 2 nitrogen and oxygen atoms in total. The third-order valence-corrected chi connectivity index (χ3v) is 10.2. The fraction of sp³-hybridized carbons (Fsp3) is 0.514. The first-order valence-corrected chi connectivity index (χ1v) is 14.6. The second-order valence-electron chi connectivity index (χ2n) is 12.8. The third kappa shape index (κ3) is 4.03. The molecule has 1 atom stereocenters. The Kier molecular flexibility index (Phi) is 6.54. The summed E-state index contributed by atoms with van der Waals surface area (Å²) >= 11 is 0. The Morgan fingerprint density at radius 1 is 0.973 bits per heavy atom. The van der Waals surface area contributed by atoms with E-state index in [-0.39, 0.29) is 10.8 Å². The van der Waals surface area contributed by atoms with Crippen molar-refractivity contribution < 1.29 is 0 Å². The van der Waals surface area contributed by atoms with Crippen LogP contribution in [0.4, 0.5) is 0 Å². The largest absolute Gasteiger partial charge is 0.292 e. The summed E-state index contributed by atoms with van der Waals surface area (Å²) in [5, 5.41) is 0. The lowest BCUT2D eigenvalue weighted by Gasteiger charge is -2.52. The molecular weight excluding hydrogens is 448 g/mol. The smallest absolute Gasteiger partial charge is 0.146 e. The third-order valence-electron chi connectivity index (χ3n) is 10.2. The van der Waals surface area contributed by atoms with E-state index < -0.39 is 0 Å². The molecule has 0 aliphatic heterocycles. The van der Waals surface area contributed by atoms with Gasteiger partial charge in [0, 0.05) is 11.3 Å². The maximum absolute atomic E-state index is 5.49. The van der Waals surface area contributed by atoms with Crippen LogP contribution in [0, 0.1) is 5.92 Å². The SMILES string of the molecule is C/C=C(C)\C(=C(\C)C(C)C)n1c(-c2ccccc2C(C)CC)nc2cc3c(cc21)C1(C)CCC3(C)CC1. The highest BCUT2D eigenvalue weighted by Gasteiger charge is 2.48. The van der Waals surface area contributed by atoms with E-state index >= 15 is 0 Å². The van der Waals surface area contributed by atoms with Gasteiger partial charge in [-0.25, -0.2) is 4.98 Å². The minimum atomic E-state index is 0.276. The van der Waals surface area contributed by atoms with Crippen LogP contribution >= 0.6 is 0 Å². The van der Waals surface area contributed by atoms with E-state index in [2.05, 4.69) is 109 Å². The number of hydrogen-bond donors (Lipinski definition) is 0. The molecule has 1 unspecified atom stereocenters. The van der Waals surface area contributed by atoms with Gasteiger partial charge in [0.05, 0.1) is 11.0 Å². The summed E-state index contributed by atoms with van der Waals surface area (Å²) in [6, 6.07) is 14.0. The Morgan fingerprint density at radius 3 is 2.14 bits per heavy atom. The first-order valence-electron chi connectivity index (χ1n) is 14.6. The molecule has 0 N–H and O–H groups in total. The zero-order valence-corrected chi connectivity index (χ0v) is 24.6. The average molecular weight is 495 g/mol. The van der Waals surface area contributed by atoms with Crippen LogP contribution in [0.15, 0.2) is 53.6 Å². The standard InChI is InChI=1S/C35H46N2/c1-10-23(5)26-14-12-13-15-27(26)33-36-30-20-28-29(35(9)18-16-34(28,8)17-19-35)21-31(30)37(33)32(24(6)11-2)25(7)22(3)4/h11-15,20-23H,10,16-19H2,1-9H3/b24-11-,32-25+. The number of rotatable bonds is 6. The second-order valence-corrected chi connectivity index (χ2v) is 12.8. The number of allylic oxidation sites excluding steroid dienone is 4. The predicted octanol–water partition coefficient (Wildman–Crippen LogP) is 10.2. The molecule has 2 bridgehead atoms. The molecule has 6 rings (SSSR count). The second kappa shape index (κ2) is 9.29. The lowest BCUT2D eigenvalue weighted by molar-refractivity contribution is 0.188. The lowest BCUT2D eigenvalue weighted by atomic mass is 9.52. The first kappa shape index (κ1) is 26.0. The molecule has 0 amide bonds. The van der Waals surface area contributed by atoms with E-state index in [9.17, 15) is 0 Å². The van der Waals surface area contributed by atoms with Crippen LogP contribution in [0.1, 0.15) is 117 Å². The van der Waals surface area contributed by atoms with Gasteiger partial charge in [0.15, 0.2) is 0 Å². The molecular formula is C35H46N2. The van der Waals surface area contributed by atoms with Gasteiger partial charge < -0.3 is 0 Å². The van der Waals surface area contributed by atoms with Crippen molar-refractivity contribution in [3.8, 4) is 11.4 Å². The highest BCUT2D eigenvalue weighted by Crippen LogP contribution is 2.57. The van der Waals surface area contributed by atoms with Gasteiger partial charge in [-0.15, -0.1) is 0 Å². The maximum atomic E-state index is 5.49. The van der Waals surface area contributed by atoms with Crippen LogP contribution in [-0.4, -0.2) is 9.55 Å². The average Bonchev–Trinajstić information content (AvgIpc) is 3.26. The van der Waals surface area contributed by atoms with Gasteiger partial charge in [-0.3, -0.25) is 4.57 Å². The van der Waals surface area contributed by atoms with E-state index in [0.29, 0.717) is 11.8 Å². The van der Waals surface area contributed by atoms with Crippen molar-refractivity contribution in [2.75, 3.05) is 0 Å². The van der Waals surface area contributed by atoms with Crippen LogP contribution in [0.3, 0.4) is 0 Å². The predicted molar refractivity (Wildman–Crippen MR) is 160 cm³/mol. The number of fused-ring (bicyclic) bond motifs is 3. The molecule has 3 aliphatic carbocycles. The van der Waals surface area contributed by atoms with Crippen molar-refractivity contribution in [2.24, 2.45) is 5.92 Å². The Morgan fingerprint density at radius 2 is 1.57 bits per heavy atom. The van der Waals surface area contributed by atoms with Crippen LogP contribution < -0.4 is 0 Å². The van der Waals surface area contributed by atoms with Gasteiger partial charge in [-0.2, -0.15) is 0 Å². The van der Waals surface area contributed by atoms with Gasteiger partial charge in [0.1, 0.15) is 5.82 Å². The van der Waals surface area contributed by atoms with E-state index in [1.165, 1.54) is 59.2 Å². The van der Waals surface area contributed by atoms with Crippen LogP contribution in [-0.2, 0) is 10.8 Å². The molecule has 0 radical (unpaired) electrons. The minimum absolute atomic E-state index is 0.276. The molecule has 1 heterocycles. The van der Waals surface area contributed by atoms with Crippen molar-refractivity contribution in [2.45, 2.75) is 111 Å². The summed E-state index contributed by atoms with van der Waals surface area (Å²) in [6.45, 7) is 21.0. The number of nitrogens with zero attached hydrogens (tertiary/aromatic N) is 2. The normalized spacial score (nSPS) is 25.0. The summed E-state index contributed by atoms with van der Waals surface area (Å²) in [6.07, 6.45) is 8.55. The van der Waals surface area contributed by atoms with E-state index in [0.717, 1.165) is 17.8 Å². The molecule has 2 aromatic carbocycles. The summed E-state index contributed by atoms with van der Waals surface area (Å²) < 4.78 is 2.52. The van der Waals surface area contributed by atoms with Crippen molar-refractivity contribution >= 4 is 16.7 Å². The van der Waals surface area contributed by atoms with Crippen molar-refractivity contribution in [1.29, 1.82) is 0 Å². The number of benzene rings is 2.